The van der Waals surface area contributed by atoms with Crippen LogP contribution in [0.15, 0.2) is 42.5 Å². The number of amides is 1. The van der Waals surface area contributed by atoms with Crippen LogP contribution in [-0.2, 0) is 9.59 Å². The Labute approximate surface area is 189 Å². The molecule has 1 amide bonds. The van der Waals surface area contributed by atoms with Crippen molar-refractivity contribution in [1.29, 1.82) is 0 Å². The predicted molar refractivity (Wildman–Crippen MR) is 115 cm³/mol. The quantitative estimate of drug-likeness (QED) is 0.402. The second kappa shape index (κ2) is 10.7. The molecule has 2 aromatic rings. The van der Waals surface area contributed by atoms with Crippen molar-refractivity contribution in [2.45, 2.75) is 24.5 Å². The maximum atomic E-state index is 13.3. The van der Waals surface area contributed by atoms with Crippen LogP contribution < -0.4 is 15.4 Å². The molecule has 0 aliphatic carbocycles. The van der Waals surface area contributed by atoms with E-state index in [0.29, 0.717) is 12.4 Å². The molecule has 32 heavy (non-hydrogen) atoms. The van der Waals surface area contributed by atoms with Crippen molar-refractivity contribution in [1.82, 2.24) is 5.32 Å². The molecule has 1 saturated heterocycles. The van der Waals surface area contributed by atoms with Crippen LogP contribution in [0, 0.1) is 11.7 Å². The summed E-state index contributed by atoms with van der Waals surface area (Å²) < 4.78 is 19.2. The van der Waals surface area contributed by atoms with Gasteiger partial charge in [0.2, 0.25) is 0 Å². The summed E-state index contributed by atoms with van der Waals surface area (Å²) in [6.07, 6.45) is -3.51. The predicted octanol–water partition coefficient (Wildman–Crippen LogP) is 2.00. The Hall–Kier alpha value is -2.72. The number of carbonyl (C=O) groups is 2. The van der Waals surface area contributed by atoms with Gasteiger partial charge in [0, 0.05) is 18.5 Å². The molecule has 172 valence electrons. The van der Waals surface area contributed by atoms with Crippen LogP contribution >= 0.6 is 11.6 Å². The first kappa shape index (κ1) is 23.9. The fourth-order valence-electron chi connectivity index (χ4n) is 3.62. The van der Waals surface area contributed by atoms with E-state index in [4.69, 9.17) is 21.4 Å². The van der Waals surface area contributed by atoms with Gasteiger partial charge in [-0.05, 0) is 48.7 Å². The zero-order valence-electron chi connectivity index (χ0n) is 17.0. The zero-order chi connectivity index (χ0) is 23.3. The Morgan fingerprint density at radius 3 is 2.56 bits per heavy atom. The summed E-state index contributed by atoms with van der Waals surface area (Å²) in [7, 11) is 0. The van der Waals surface area contributed by atoms with E-state index in [2.05, 4.69) is 10.6 Å². The molecule has 1 heterocycles. The number of piperidine rings is 1. The number of anilines is 1. The molecule has 0 radical (unpaired) electrons. The van der Waals surface area contributed by atoms with Gasteiger partial charge in [0.25, 0.3) is 5.91 Å². The molecule has 5 N–H and O–H groups in total. The first-order valence-corrected chi connectivity index (χ1v) is 10.4. The molecule has 1 fully saturated rings. The minimum absolute atomic E-state index is 0.115. The van der Waals surface area contributed by atoms with E-state index in [0.717, 1.165) is 25.1 Å². The number of rotatable bonds is 8. The third-order valence-electron chi connectivity index (χ3n) is 5.39. The number of aliphatic hydroxyl groups excluding tert-OH is 2. The number of halogens is 2. The molecule has 2 unspecified atom stereocenters. The number of carbonyl (C=O) groups excluding carboxylic acids is 1. The van der Waals surface area contributed by atoms with Gasteiger partial charge < -0.3 is 30.7 Å². The van der Waals surface area contributed by atoms with E-state index in [-0.39, 0.29) is 28.4 Å². The highest BCUT2D eigenvalue weighted by atomic mass is 35.5. The number of ether oxygens (including phenoxy) is 1. The second-order valence-corrected chi connectivity index (χ2v) is 7.99. The van der Waals surface area contributed by atoms with Crippen LogP contribution in [0.4, 0.5) is 10.1 Å². The van der Waals surface area contributed by atoms with Gasteiger partial charge in [0.1, 0.15) is 11.6 Å². The summed E-state index contributed by atoms with van der Waals surface area (Å²) in [6.45, 7) is 2.00. The van der Waals surface area contributed by atoms with Crippen molar-refractivity contribution >= 4 is 29.2 Å². The van der Waals surface area contributed by atoms with E-state index < -0.39 is 24.1 Å². The normalized spacial score (nSPS) is 20.2. The monoisotopic (exact) mass is 466 g/mol. The topological polar surface area (TPSA) is 128 Å². The molecule has 0 spiro atoms. The van der Waals surface area contributed by atoms with Crippen LogP contribution in [-0.4, -0.2) is 59.1 Å². The highest BCUT2D eigenvalue weighted by Gasteiger charge is 2.30. The maximum Gasteiger partial charge on any atom is 0.335 e. The molecule has 0 saturated carbocycles. The van der Waals surface area contributed by atoms with E-state index in [1.165, 1.54) is 24.3 Å². The fraction of sp³-hybridized carbons (Fsp3) is 0.364. The summed E-state index contributed by atoms with van der Waals surface area (Å²) in [5, 5.41) is 33.3. The third-order valence-corrected chi connectivity index (χ3v) is 5.70. The fourth-order valence-corrected chi connectivity index (χ4v) is 3.84. The highest BCUT2D eigenvalue weighted by molar-refractivity contribution is 6.33. The zero-order valence-corrected chi connectivity index (χ0v) is 17.8. The maximum absolute atomic E-state index is 13.3. The number of aliphatic carboxylic acids is 1. The summed E-state index contributed by atoms with van der Waals surface area (Å²) in [5.41, 5.74) is 1.18. The van der Waals surface area contributed by atoms with Gasteiger partial charge in [-0.25, -0.2) is 9.18 Å². The Morgan fingerprint density at radius 1 is 1.19 bits per heavy atom. The van der Waals surface area contributed by atoms with Crippen LogP contribution in [0.5, 0.6) is 5.75 Å². The van der Waals surface area contributed by atoms with Crippen LogP contribution in [0.3, 0.4) is 0 Å². The number of benzene rings is 2. The number of hydrogen-bond donors (Lipinski definition) is 5. The SMILES string of the molecule is O=C(O)[C@H](O)[C@@H](O)C(=O)Nc1ccc(OCC2CNCCC2c2ccc(F)cc2)cc1Cl. The number of carboxylic acids is 1. The molecule has 4 atom stereocenters. The molecule has 3 rings (SSSR count). The molecule has 1 aliphatic rings. The molecule has 8 nitrogen and oxygen atoms in total. The first-order chi connectivity index (χ1) is 15.3. The Morgan fingerprint density at radius 2 is 1.91 bits per heavy atom. The van der Waals surface area contributed by atoms with Gasteiger partial charge in [-0.3, -0.25) is 4.79 Å². The molecule has 2 aromatic carbocycles. The van der Waals surface area contributed by atoms with Gasteiger partial charge in [-0.15, -0.1) is 0 Å². The minimum atomic E-state index is -2.26. The van der Waals surface area contributed by atoms with E-state index in [9.17, 15) is 24.2 Å². The van der Waals surface area contributed by atoms with Gasteiger partial charge in [0.05, 0.1) is 17.3 Å². The summed E-state index contributed by atoms with van der Waals surface area (Å²) in [4.78, 5) is 22.6. The Balaban J connectivity index is 1.61. The molecular weight excluding hydrogens is 443 g/mol. The molecular formula is C22H24ClFN2O6. The van der Waals surface area contributed by atoms with Crippen LogP contribution in [0.25, 0.3) is 0 Å². The minimum Gasteiger partial charge on any atom is -0.493 e. The lowest BCUT2D eigenvalue weighted by Crippen LogP contribution is -2.42. The van der Waals surface area contributed by atoms with E-state index >= 15 is 0 Å². The first-order valence-electron chi connectivity index (χ1n) is 10.0. The lowest BCUT2D eigenvalue weighted by molar-refractivity contribution is -0.156. The van der Waals surface area contributed by atoms with Crippen molar-refractivity contribution < 1.29 is 34.0 Å². The lowest BCUT2D eigenvalue weighted by atomic mass is 9.81. The summed E-state index contributed by atoms with van der Waals surface area (Å²) in [5.74, 6) is -2.28. The lowest BCUT2D eigenvalue weighted by Gasteiger charge is -2.32. The highest BCUT2D eigenvalue weighted by Crippen LogP contribution is 2.32. The summed E-state index contributed by atoms with van der Waals surface area (Å²) >= 11 is 6.18. The van der Waals surface area contributed by atoms with Crippen molar-refractivity contribution in [3.8, 4) is 5.75 Å². The molecule has 0 aromatic heterocycles. The Kier molecular flexibility index (Phi) is 8.03. The van der Waals surface area contributed by atoms with Crippen molar-refractivity contribution in [2.24, 2.45) is 5.92 Å². The van der Waals surface area contributed by atoms with Gasteiger partial charge in [-0.1, -0.05) is 23.7 Å². The van der Waals surface area contributed by atoms with E-state index in [1.54, 1.807) is 18.2 Å². The van der Waals surface area contributed by atoms with Gasteiger partial charge >= 0.3 is 5.97 Å². The Bertz CT molecular complexity index is 958. The molecule has 0 bridgehead atoms. The van der Waals surface area contributed by atoms with Crippen molar-refractivity contribution in [3.63, 3.8) is 0 Å². The smallest absolute Gasteiger partial charge is 0.335 e. The number of aliphatic hydroxyl groups is 2. The second-order valence-electron chi connectivity index (χ2n) is 7.58. The van der Waals surface area contributed by atoms with Crippen LogP contribution in [0.2, 0.25) is 5.02 Å². The number of nitrogens with one attached hydrogen (secondary N) is 2. The molecule has 1 aliphatic heterocycles. The van der Waals surface area contributed by atoms with E-state index in [1.807, 2.05) is 0 Å². The number of hydrogen-bond acceptors (Lipinski definition) is 6. The largest absolute Gasteiger partial charge is 0.493 e. The average Bonchev–Trinajstić information content (AvgIpc) is 2.79. The summed E-state index contributed by atoms with van der Waals surface area (Å²) in [6, 6.07) is 11.0. The van der Waals surface area contributed by atoms with Crippen LogP contribution in [0.1, 0.15) is 17.9 Å². The van der Waals surface area contributed by atoms with Crippen molar-refractivity contribution in [2.75, 3.05) is 25.0 Å². The standard InChI is InChI=1S/C22H24ClFN2O6/c23-17-9-15(5-6-18(17)26-21(29)19(27)20(28)22(30)31)32-11-13-10-25-8-7-16(13)12-1-3-14(24)4-2-12/h1-6,9,13,16,19-20,25,27-28H,7-8,10-11H2,(H,26,29)(H,30,31)/t13?,16?,19-,20-/m1/s1. The van der Waals surface area contributed by atoms with Gasteiger partial charge in [-0.2, -0.15) is 0 Å². The molecule has 10 heteroatoms. The van der Waals surface area contributed by atoms with Gasteiger partial charge in [0.15, 0.2) is 12.2 Å². The third kappa shape index (κ3) is 5.95. The average molecular weight is 467 g/mol. The number of carboxylic acid groups (broad SMARTS) is 1. The van der Waals surface area contributed by atoms with Crippen molar-refractivity contribution in [3.05, 3.63) is 58.9 Å².